The molecule has 0 fully saturated rings. The third-order valence-corrected chi connectivity index (χ3v) is 6.44. The number of anilines is 2. The maximum absolute atomic E-state index is 13.7. The van der Waals surface area contributed by atoms with Crippen molar-refractivity contribution in [1.82, 2.24) is 0 Å². The number of sulfonamides is 1. The van der Waals surface area contributed by atoms with E-state index in [0.29, 0.717) is 6.07 Å². The van der Waals surface area contributed by atoms with E-state index in [9.17, 15) is 41.3 Å². The fourth-order valence-corrected chi connectivity index (χ4v) is 4.22. The minimum atomic E-state index is -4.45. The molecule has 1 amide bonds. The van der Waals surface area contributed by atoms with Gasteiger partial charge >= 0.3 is 5.97 Å². The zero-order chi connectivity index (χ0) is 28.2. The number of methoxy groups -OCH3 is 1. The molecular formula is C22H15ClF3N3O8S. The number of carbonyl (C=O) groups excluding carboxylic acids is 2. The Labute approximate surface area is 217 Å². The van der Waals surface area contributed by atoms with Crippen LogP contribution in [-0.2, 0) is 19.6 Å². The zero-order valence-electron chi connectivity index (χ0n) is 19.0. The standard InChI is InChI=1S/C22H15ClF3N3O8S/c1-36-18-7-2-11(29(32)33)8-17(18)28-38(34,35)12-3-4-14(23)13(9-12)22(31)37-10-19(30)27-16-6-5-15(24)20(25)21(16)26/h2-9,28H,10H2,1H3,(H,27,30). The van der Waals surface area contributed by atoms with Gasteiger partial charge in [-0.2, -0.15) is 0 Å². The Morgan fingerprint density at radius 1 is 1.03 bits per heavy atom. The van der Waals surface area contributed by atoms with Crippen molar-refractivity contribution in [3.8, 4) is 5.75 Å². The molecule has 3 aromatic rings. The van der Waals surface area contributed by atoms with Crippen LogP contribution < -0.4 is 14.8 Å². The summed E-state index contributed by atoms with van der Waals surface area (Å²) in [6, 6.07) is 7.44. The molecule has 3 rings (SSSR count). The van der Waals surface area contributed by atoms with E-state index in [4.69, 9.17) is 21.1 Å². The maximum atomic E-state index is 13.7. The van der Waals surface area contributed by atoms with Crippen molar-refractivity contribution in [1.29, 1.82) is 0 Å². The molecule has 2 N–H and O–H groups in total. The lowest BCUT2D eigenvalue weighted by Gasteiger charge is -2.13. The summed E-state index contributed by atoms with van der Waals surface area (Å²) < 4.78 is 77.7. The average Bonchev–Trinajstić information content (AvgIpc) is 2.87. The number of carbonyl (C=O) groups is 2. The van der Waals surface area contributed by atoms with Gasteiger partial charge in [-0.25, -0.2) is 26.4 Å². The van der Waals surface area contributed by atoms with Crippen LogP contribution in [0.2, 0.25) is 5.02 Å². The van der Waals surface area contributed by atoms with Gasteiger partial charge in [-0.1, -0.05) is 11.6 Å². The molecule has 0 aliphatic heterocycles. The van der Waals surface area contributed by atoms with Gasteiger partial charge in [0.15, 0.2) is 24.1 Å². The van der Waals surface area contributed by atoms with E-state index in [0.717, 1.165) is 36.4 Å². The number of nitro groups is 1. The third-order valence-electron chi connectivity index (χ3n) is 4.75. The number of rotatable bonds is 9. The van der Waals surface area contributed by atoms with Gasteiger partial charge in [0.05, 0.1) is 38.9 Å². The molecule has 0 bridgehead atoms. The van der Waals surface area contributed by atoms with E-state index in [1.807, 2.05) is 5.32 Å². The Kier molecular flexibility index (Phi) is 8.42. The molecule has 0 heterocycles. The quantitative estimate of drug-likeness (QED) is 0.166. The summed E-state index contributed by atoms with van der Waals surface area (Å²) in [5, 5.41) is 12.7. The Hall–Kier alpha value is -4.37. The summed E-state index contributed by atoms with van der Waals surface area (Å²) >= 11 is 5.96. The minimum Gasteiger partial charge on any atom is -0.495 e. The Bertz CT molecular complexity index is 1550. The van der Waals surface area contributed by atoms with Crippen LogP contribution in [0.3, 0.4) is 0 Å². The fourth-order valence-electron chi connectivity index (χ4n) is 2.94. The van der Waals surface area contributed by atoms with E-state index in [1.165, 1.54) is 13.2 Å². The molecule has 0 aromatic heterocycles. The van der Waals surface area contributed by atoms with Gasteiger partial charge in [-0.15, -0.1) is 0 Å². The highest BCUT2D eigenvalue weighted by atomic mass is 35.5. The van der Waals surface area contributed by atoms with Gasteiger partial charge < -0.3 is 14.8 Å². The summed E-state index contributed by atoms with van der Waals surface area (Å²) in [4.78, 5) is 34.2. The minimum absolute atomic E-state index is 0.0312. The van der Waals surface area contributed by atoms with Gasteiger partial charge in [0, 0.05) is 12.1 Å². The number of esters is 1. The topological polar surface area (TPSA) is 154 Å². The SMILES string of the molecule is COc1ccc([N+](=O)[O-])cc1NS(=O)(=O)c1ccc(Cl)c(C(=O)OCC(=O)Nc2ccc(F)c(F)c2F)c1. The molecule has 0 aliphatic carbocycles. The van der Waals surface area contributed by atoms with E-state index >= 15 is 0 Å². The summed E-state index contributed by atoms with van der Waals surface area (Å²) in [5.74, 6) is -7.37. The summed E-state index contributed by atoms with van der Waals surface area (Å²) in [7, 11) is -3.24. The van der Waals surface area contributed by atoms with Crippen LogP contribution in [0.25, 0.3) is 0 Å². The predicted molar refractivity (Wildman–Crippen MR) is 127 cm³/mol. The number of halogens is 4. The van der Waals surface area contributed by atoms with Crippen molar-refractivity contribution in [3.05, 3.63) is 86.7 Å². The van der Waals surface area contributed by atoms with Gasteiger partial charge in [0.1, 0.15) is 5.75 Å². The highest BCUT2D eigenvalue weighted by molar-refractivity contribution is 7.92. The van der Waals surface area contributed by atoms with Crippen molar-refractivity contribution in [3.63, 3.8) is 0 Å². The monoisotopic (exact) mass is 573 g/mol. The number of amides is 1. The lowest BCUT2D eigenvalue weighted by Crippen LogP contribution is -2.22. The van der Waals surface area contributed by atoms with Crippen LogP contribution in [-0.4, -0.2) is 38.9 Å². The van der Waals surface area contributed by atoms with Crippen LogP contribution in [0.4, 0.5) is 30.2 Å². The Morgan fingerprint density at radius 2 is 1.74 bits per heavy atom. The number of hydrogen-bond acceptors (Lipinski definition) is 8. The summed E-state index contributed by atoms with van der Waals surface area (Å²) in [5.41, 5.74) is -1.88. The van der Waals surface area contributed by atoms with Crippen molar-refractivity contribution >= 4 is 50.6 Å². The summed E-state index contributed by atoms with van der Waals surface area (Å²) in [6.07, 6.45) is 0. The van der Waals surface area contributed by atoms with Gasteiger partial charge in [-0.05, 0) is 36.4 Å². The molecule has 3 aromatic carbocycles. The number of nitro benzene ring substituents is 1. The molecule has 0 saturated carbocycles. The first-order valence-corrected chi connectivity index (χ1v) is 12.0. The maximum Gasteiger partial charge on any atom is 0.340 e. The van der Waals surface area contributed by atoms with Crippen LogP contribution in [0.5, 0.6) is 5.75 Å². The van der Waals surface area contributed by atoms with Crippen LogP contribution in [0.1, 0.15) is 10.4 Å². The number of ether oxygens (including phenoxy) is 2. The highest BCUT2D eigenvalue weighted by Crippen LogP contribution is 2.31. The number of nitrogens with zero attached hydrogens (tertiary/aromatic N) is 1. The molecular weight excluding hydrogens is 559 g/mol. The second kappa shape index (κ2) is 11.4. The number of benzene rings is 3. The highest BCUT2D eigenvalue weighted by Gasteiger charge is 2.23. The molecule has 0 atom stereocenters. The molecule has 200 valence electrons. The molecule has 0 radical (unpaired) electrons. The first kappa shape index (κ1) is 28.2. The second-order valence-electron chi connectivity index (χ2n) is 7.24. The van der Waals surface area contributed by atoms with E-state index in [-0.39, 0.29) is 16.5 Å². The smallest absolute Gasteiger partial charge is 0.340 e. The fraction of sp³-hybridized carbons (Fsp3) is 0.0909. The lowest BCUT2D eigenvalue weighted by molar-refractivity contribution is -0.384. The third kappa shape index (κ3) is 6.30. The number of non-ortho nitro benzene ring substituents is 1. The molecule has 0 spiro atoms. The molecule has 0 aliphatic rings. The largest absolute Gasteiger partial charge is 0.495 e. The molecule has 11 nitrogen and oxygen atoms in total. The van der Waals surface area contributed by atoms with Crippen molar-refractivity contribution in [2.24, 2.45) is 0 Å². The summed E-state index contributed by atoms with van der Waals surface area (Å²) in [6.45, 7) is -1.02. The van der Waals surface area contributed by atoms with Crippen molar-refractivity contribution < 1.29 is 45.6 Å². The first-order valence-electron chi connectivity index (χ1n) is 10.1. The van der Waals surface area contributed by atoms with E-state index < -0.39 is 72.7 Å². The molecule has 16 heteroatoms. The van der Waals surface area contributed by atoms with Crippen LogP contribution in [0, 0.1) is 27.6 Å². The van der Waals surface area contributed by atoms with E-state index in [1.54, 1.807) is 0 Å². The molecule has 38 heavy (non-hydrogen) atoms. The van der Waals surface area contributed by atoms with Crippen LogP contribution in [0.15, 0.2) is 53.4 Å². The first-order chi connectivity index (χ1) is 17.8. The van der Waals surface area contributed by atoms with E-state index in [2.05, 4.69) is 4.72 Å². The normalized spacial score (nSPS) is 11.0. The molecule has 0 unspecified atom stereocenters. The average molecular weight is 574 g/mol. The van der Waals surface area contributed by atoms with Crippen molar-refractivity contribution in [2.75, 3.05) is 23.8 Å². The second-order valence-corrected chi connectivity index (χ2v) is 9.33. The predicted octanol–water partition coefficient (Wildman–Crippen LogP) is 4.27. The Morgan fingerprint density at radius 3 is 2.39 bits per heavy atom. The van der Waals surface area contributed by atoms with Crippen LogP contribution >= 0.6 is 11.6 Å². The van der Waals surface area contributed by atoms with Gasteiger partial charge in [0.2, 0.25) is 0 Å². The number of nitrogens with one attached hydrogen (secondary N) is 2. The van der Waals surface area contributed by atoms with Crippen molar-refractivity contribution in [2.45, 2.75) is 4.90 Å². The number of hydrogen-bond donors (Lipinski definition) is 2. The van der Waals surface area contributed by atoms with Gasteiger partial charge in [-0.3, -0.25) is 19.6 Å². The zero-order valence-corrected chi connectivity index (χ0v) is 20.5. The Balaban J connectivity index is 1.77. The van der Waals surface area contributed by atoms with Gasteiger partial charge in [0.25, 0.3) is 21.6 Å². The molecule has 0 saturated heterocycles. The lowest BCUT2D eigenvalue weighted by atomic mass is 10.2.